The topological polar surface area (TPSA) is 96.0 Å². The number of hydrogen-bond donors (Lipinski definition) is 3. The van der Waals surface area contributed by atoms with Crippen molar-refractivity contribution in [3.63, 3.8) is 0 Å². The van der Waals surface area contributed by atoms with Crippen LogP contribution in [0.5, 0.6) is 11.5 Å². The van der Waals surface area contributed by atoms with Gasteiger partial charge in [0.15, 0.2) is 11.5 Å². The molecule has 1 amide bonds. The van der Waals surface area contributed by atoms with E-state index in [4.69, 9.17) is 10.5 Å². The van der Waals surface area contributed by atoms with Gasteiger partial charge in [-0.25, -0.2) is 8.78 Å². The number of methoxy groups -OCH3 is 1. The fraction of sp³-hybridized carbons (Fsp3) is 0.321. The lowest BCUT2D eigenvalue weighted by molar-refractivity contribution is -0.132. The van der Waals surface area contributed by atoms with Crippen LogP contribution in [-0.4, -0.2) is 46.8 Å². The number of nitrogens with zero attached hydrogens (tertiary/aromatic N) is 1. The molecule has 8 heteroatoms. The van der Waals surface area contributed by atoms with Crippen LogP contribution in [0.1, 0.15) is 29.2 Å². The van der Waals surface area contributed by atoms with Crippen LogP contribution in [0.4, 0.5) is 8.78 Å². The van der Waals surface area contributed by atoms with E-state index in [1.165, 1.54) is 30.2 Å². The average Bonchev–Trinajstić information content (AvgIpc) is 2.84. The maximum atomic E-state index is 13.6. The number of rotatable bonds is 11. The van der Waals surface area contributed by atoms with Crippen molar-refractivity contribution in [1.82, 2.24) is 4.90 Å². The first kappa shape index (κ1) is 27.1. The third-order valence-corrected chi connectivity index (χ3v) is 6.02. The van der Waals surface area contributed by atoms with Gasteiger partial charge in [0, 0.05) is 25.2 Å². The molecule has 0 bridgehead atoms. The summed E-state index contributed by atoms with van der Waals surface area (Å²) in [5.74, 6) is -1.47. The molecule has 0 aliphatic rings. The van der Waals surface area contributed by atoms with Gasteiger partial charge in [0.05, 0.1) is 19.6 Å². The summed E-state index contributed by atoms with van der Waals surface area (Å²) >= 11 is 0. The van der Waals surface area contributed by atoms with Gasteiger partial charge in [-0.1, -0.05) is 37.3 Å². The normalized spacial score (nSPS) is 12.7. The largest absolute Gasteiger partial charge is 0.504 e. The number of hydrogen-bond acceptors (Lipinski definition) is 5. The van der Waals surface area contributed by atoms with Gasteiger partial charge in [0.2, 0.25) is 5.91 Å². The van der Waals surface area contributed by atoms with Crippen LogP contribution >= 0.6 is 0 Å². The standard InChI is InChI=1S/C28H32F2N2O4/c1-3-18-5-4-6-20(9-18)16-32(28(35)14-19-7-8-25(33)27(13-19)36-2)17-26(34)24(31)12-21-10-22(29)15-23(30)11-21/h4-11,13,15,24,26,33-34H,3,12,14,16-17,31H2,1-2H3/t24-,26+/m0/s1. The maximum Gasteiger partial charge on any atom is 0.227 e. The predicted molar refractivity (Wildman–Crippen MR) is 134 cm³/mol. The van der Waals surface area contributed by atoms with Crippen LogP contribution in [0.3, 0.4) is 0 Å². The summed E-state index contributed by atoms with van der Waals surface area (Å²) < 4.78 is 32.3. The van der Waals surface area contributed by atoms with Crippen LogP contribution < -0.4 is 10.5 Å². The summed E-state index contributed by atoms with van der Waals surface area (Å²) in [7, 11) is 1.43. The molecule has 0 saturated heterocycles. The molecule has 0 radical (unpaired) electrons. The third-order valence-electron chi connectivity index (χ3n) is 6.02. The Morgan fingerprint density at radius 1 is 1.00 bits per heavy atom. The number of nitrogens with two attached hydrogens (primary N) is 1. The molecule has 0 saturated carbocycles. The lowest BCUT2D eigenvalue weighted by Gasteiger charge is -2.28. The van der Waals surface area contributed by atoms with Crippen molar-refractivity contribution in [2.24, 2.45) is 5.73 Å². The molecule has 0 unspecified atom stereocenters. The van der Waals surface area contributed by atoms with Gasteiger partial charge in [-0.2, -0.15) is 0 Å². The molecule has 0 aromatic heterocycles. The lowest BCUT2D eigenvalue weighted by atomic mass is 10.0. The number of phenols is 1. The molecule has 0 aliphatic carbocycles. The van der Waals surface area contributed by atoms with Gasteiger partial charge in [0.25, 0.3) is 0 Å². The number of halogens is 2. The van der Waals surface area contributed by atoms with E-state index in [1.807, 2.05) is 31.2 Å². The number of carbonyl (C=O) groups is 1. The Balaban J connectivity index is 1.78. The summed E-state index contributed by atoms with van der Waals surface area (Å²) in [5, 5.41) is 20.7. The maximum absolute atomic E-state index is 13.6. The zero-order chi connectivity index (χ0) is 26.2. The first-order chi connectivity index (χ1) is 17.2. The molecule has 36 heavy (non-hydrogen) atoms. The van der Waals surface area contributed by atoms with Crippen molar-refractivity contribution in [3.8, 4) is 11.5 Å². The van der Waals surface area contributed by atoms with Gasteiger partial charge >= 0.3 is 0 Å². The molecule has 3 rings (SSSR count). The molecule has 6 nitrogen and oxygen atoms in total. The molecular formula is C28H32F2N2O4. The Morgan fingerprint density at radius 3 is 2.36 bits per heavy atom. The zero-order valence-corrected chi connectivity index (χ0v) is 20.5. The fourth-order valence-corrected chi connectivity index (χ4v) is 4.04. The highest BCUT2D eigenvalue weighted by Crippen LogP contribution is 2.27. The molecule has 3 aromatic carbocycles. The molecule has 0 spiro atoms. The van der Waals surface area contributed by atoms with Crippen LogP contribution in [0.15, 0.2) is 60.7 Å². The van der Waals surface area contributed by atoms with E-state index in [9.17, 15) is 23.8 Å². The predicted octanol–water partition coefficient (Wildman–Crippen LogP) is 3.74. The van der Waals surface area contributed by atoms with E-state index in [0.717, 1.165) is 23.6 Å². The van der Waals surface area contributed by atoms with Gasteiger partial charge in [-0.15, -0.1) is 0 Å². The first-order valence-corrected chi connectivity index (χ1v) is 11.8. The molecule has 0 aliphatic heterocycles. The van der Waals surface area contributed by atoms with E-state index in [0.29, 0.717) is 11.1 Å². The monoisotopic (exact) mass is 498 g/mol. The minimum Gasteiger partial charge on any atom is -0.504 e. The second kappa shape index (κ2) is 12.5. The van der Waals surface area contributed by atoms with E-state index < -0.39 is 23.8 Å². The summed E-state index contributed by atoms with van der Waals surface area (Å²) in [6.45, 7) is 2.22. The summed E-state index contributed by atoms with van der Waals surface area (Å²) in [6, 6.07) is 14.8. The van der Waals surface area contributed by atoms with Crippen molar-refractivity contribution in [1.29, 1.82) is 0 Å². The Kier molecular flexibility index (Phi) is 9.38. The van der Waals surface area contributed by atoms with Crippen molar-refractivity contribution >= 4 is 5.91 Å². The summed E-state index contributed by atoms with van der Waals surface area (Å²) in [5.41, 5.74) is 9.15. The molecule has 4 N–H and O–H groups in total. The van der Waals surface area contributed by atoms with Crippen molar-refractivity contribution in [3.05, 3.63) is 94.6 Å². The number of aryl methyl sites for hydroxylation is 1. The lowest BCUT2D eigenvalue weighted by Crippen LogP contribution is -2.46. The van der Waals surface area contributed by atoms with E-state index in [2.05, 4.69) is 0 Å². The van der Waals surface area contributed by atoms with Crippen molar-refractivity contribution < 1.29 is 28.5 Å². The highest BCUT2D eigenvalue weighted by atomic mass is 19.1. The van der Waals surface area contributed by atoms with Gasteiger partial charge in [-0.3, -0.25) is 4.79 Å². The zero-order valence-electron chi connectivity index (χ0n) is 20.5. The highest BCUT2D eigenvalue weighted by molar-refractivity contribution is 5.79. The van der Waals surface area contributed by atoms with Crippen LogP contribution in [0, 0.1) is 11.6 Å². The highest BCUT2D eigenvalue weighted by Gasteiger charge is 2.23. The van der Waals surface area contributed by atoms with Crippen LogP contribution in [0.2, 0.25) is 0 Å². The number of amides is 1. The fourth-order valence-electron chi connectivity index (χ4n) is 4.04. The second-order valence-corrected chi connectivity index (χ2v) is 8.84. The van der Waals surface area contributed by atoms with E-state index >= 15 is 0 Å². The number of aliphatic hydroxyl groups is 1. The van der Waals surface area contributed by atoms with Crippen molar-refractivity contribution in [2.45, 2.75) is 44.9 Å². The van der Waals surface area contributed by atoms with Gasteiger partial charge in [-0.05, 0) is 59.4 Å². The SMILES string of the molecule is CCc1cccc(CN(C[C@@H](O)[C@@H](N)Cc2cc(F)cc(F)c2)C(=O)Cc2ccc(O)c(OC)c2)c1. The molecule has 192 valence electrons. The van der Waals surface area contributed by atoms with Crippen molar-refractivity contribution in [2.75, 3.05) is 13.7 Å². The number of carbonyl (C=O) groups excluding carboxylic acids is 1. The average molecular weight is 499 g/mol. The van der Waals surface area contributed by atoms with Crippen LogP contribution in [-0.2, 0) is 30.6 Å². The van der Waals surface area contributed by atoms with E-state index in [1.54, 1.807) is 12.1 Å². The molecule has 0 fully saturated rings. The quantitative estimate of drug-likeness (QED) is 0.374. The summed E-state index contributed by atoms with van der Waals surface area (Å²) in [6.07, 6.45) is -0.240. The Hall–Kier alpha value is -3.49. The molecular weight excluding hydrogens is 466 g/mol. The minimum absolute atomic E-state index is 0.0151. The molecule has 2 atom stereocenters. The number of ether oxygens (including phenoxy) is 1. The molecule has 0 heterocycles. The Bertz CT molecular complexity index is 1170. The van der Waals surface area contributed by atoms with Crippen LogP contribution in [0.25, 0.3) is 0 Å². The number of phenolic OH excluding ortho intramolecular Hbond substituents is 1. The second-order valence-electron chi connectivity index (χ2n) is 8.84. The van der Waals surface area contributed by atoms with E-state index in [-0.39, 0.29) is 43.3 Å². The molecule has 3 aromatic rings. The smallest absolute Gasteiger partial charge is 0.227 e. The van der Waals surface area contributed by atoms with Gasteiger partial charge < -0.3 is 25.6 Å². The third kappa shape index (κ3) is 7.50. The number of aliphatic hydroxyl groups excluding tert-OH is 1. The first-order valence-electron chi connectivity index (χ1n) is 11.8. The number of aromatic hydroxyl groups is 1. The Morgan fingerprint density at radius 2 is 1.69 bits per heavy atom. The number of benzene rings is 3. The Labute approximate surface area is 209 Å². The van der Waals surface area contributed by atoms with Gasteiger partial charge in [0.1, 0.15) is 11.6 Å². The minimum atomic E-state index is -1.14. The summed E-state index contributed by atoms with van der Waals surface area (Å²) in [4.78, 5) is 14.9.